The standard InChI is InChI=1S/C5H8Br2O/c1-3(6)5(8)4(2)7/h3-4H,1-2H3/t3-,4-/m1/s1. The largest absolute Gasteiger partial charge is 0.297 e. The van der Waals surface area contributed by atoms with E-state index in [1.54, 1.807) is 0 Å². The minimum Gasteiger partial charge on any atom is -0.297 e. The van der Waals surface area contributed by atoms with Crippen LogP contribution < -0.4 is 0 Å². The molecule has 0 aromatic heterocycles. The lowest BCUT2D eigenvalue weighted by Crippen LogP contribution is -2.18. The van der Waals surface area contributed by atoms with Crippen molar-refractivity contribution in [1.82, 2.24) is 0 Å². The van der Waals surface area contributed by atoms with E-state index in [9.17, 15) is 4.79 Å². The molecule has 0 radical (unpaired) electrons. The van der Waals surface area contributed by atoms with E-state index in [2.05, 4.69) is 31.9 Å². The highest BCUT2D eigenvalue weighted by Crippen LogP contribution is 2.08. The van der Waals surface area contributed by atoms with E-state index in [4.69, 9.17) is 0 Å². The predicted octanol–water partition coefficient (Wildman–Crippen LogP) is 2.12. The number of rotatable bonds is 2. The van der Waals surface area contributed by atoms with Gasteiger partial charge in [0.05, 0.1) is 9.65 Å². The van der Waals surface area contributed by atoms with Gasteiger partial charge in [-0.15, -0.1) is 0 Å². The number of carbonyl (C=O) groups excluding carboxylic acids is 1. The van der Waals surface area contributed by atoms with Gasteiger partial charge in [0, 0.05) is 0 Å². The van der Waals surface area contributed by atoms with Gasteiger partial charge >= 0.3 is 0 Å². The summed E-state index contributed by atoms with van der Waals surface area (Å²) >= 11 is 6.32. The van der Waals surface area contributed by atoms with Gasteiger partial charge in [0.25, 0.3) is 0 Å². The van der Waals surface area contributed by atoms with Crippen LogP contribution in [0.1, 0.15) is 13.8 Å². The van der Waals surface area contributed by atoms with Crippen LogP contribution in [0.5, 0.6) is 0 Å². The fourth-order valence-electron chi connectivity index (χ4n) is 0.316. The van der Waals surface area contributed by atoms with Gasteiger partial charge in [-0.1, -0.05) is 31.9 Å². The SMILES string of the molecule is C[C@@H](Br)C(=O)[C@@H](C)Br. The van der Waals surface area contributed by atoms with Gasteiger partial charge in [-0.05, 0) is 13.8 Å². The van der Waals surface area contributed by atoms with Gasteiger partial charge in [-0.25, -0.2) is 0 Å². The Morgan fingerprint density at radius 3 is 1.50 bits per heavy atom. The molecule has 0 aliphatic heterocycles. The summed E-state index contributed by atoms with van der Waals surface area (Å²) in [5, 5.41) is 0. The highest BCUT2D eigenvalue weighted by molar-refractivity contribution is 9.10. The lowest BCUT2D eigenvalue weighted by Gasteiger charge is -2.01. The first-order valence-electron chi connectivity index (χ1n) is 2.37. The molecule has 0 fully saturated rings. The zero-order valence-corrected chi connectivity index (χ0v) is 7.99. The van der Waals surface area contributed by atoms with Crippen molar-refractivity contribution in [2.45, 2.75) is 23.5 Å². The molecule has 3 heteroatoms. The van der Waals surface area contributed by atoms with Gasteiger partial charge in [-0.2, -0.15) is 0 Å². The normalized spacial score (nSPS) is 17.5. The zero-order chi connectivity index (χ0) is 6.73. The van der Waals surface area contributed by atoms with Crippen molar-refractivity contribution in [3.63, 3.8) is 0 Å². The summed E-state index contributed by atoms with van der Waals surface area (Å²) in [4.78, 5) is 10.7. The molecular formula is C5H8Br2O. The maximum absolute atomic E-state index is 10.7. The third kappa shape index (κ3) is 2.82. The zero-order valence-electron chi connectivity index (χ0n) is 4.82. The van der Waals surface area contributed by atoms with Crippen LogP contribution in [0.4, 0.5) is 0 Å². The second kappa shape index (κ2) is 3.62. The summed E-state index contributed by atoms with van der Waals surface area (Å²) in [6, 6.07) is 0. The van der Waals surface area contributed by atoms with Crippen LogP contribution >= 0.6 is 31.9 Å². The Balaban J connectivity index is 3.65. The molecule has 0 saturated heterocycles. The number of carbonyl (C=O) groups is 1. The second-order valence-electron chi connectivity index (χ2n) is 1.63. The van der Waals surface area contributed by atoms with E-state index in [1.165, 1.54) is 0 Å². The van der Waals surface area contributed by atoms with Crippen molar-refractivity contribution >= 4 is 37.6 Å². The molecule has 0 N–H and O–H groups in total. The number of hydrogen-bond acceptors (Lipinski definition) is 1. The Hall–Kier alpha value is 0.630. The second-order valence-corrected chi connectivity index (χ2v) is 4.38. The fraction of sp³-hybridized carbons (Fsp3) is 0.800. The molecule has 0 amide bonds. The number of hydrogen-bond donors (Lipinski definition) is 0. The maximum atomic E-state index is 10.7. The molecule has 8 heavy (non-hydrogen) atoms. The summed E-state index contributed by atoms with van der Waals surface area (Å²) in [5.74, 6) is 0.185. The highest BCUT2D eigenvalue weighted by Gasteiger charge is 2.13. The molecule has 0 aliphatic rings. The smallest absolute Gasteiger partial charge is 0.159 e. The average Bonchev–Trinajstić information content (AvgIpc) is 1.64. The molecule has 0 aromatic rings. The summed E-state index contributed by atoms with van der Waals surface area (Å²) in [7, 11) is 0. The van der Waals surface area contributed by atoms with E-state index >= 15 is 0 Å². The van der Waals surface area contributed by atoms with Crippen LogP contribution in [0.3, 0.4) is 0 Å². The van der Waals surface area contributed by atoms with Gasteiger partial charge in [0.1, 0.15) is 0 Å². The average molecular weight is 244 g/mol. The summed E-state index contributed by atoms with van der Waals surface area (Å²) in [5.41, 5.74) is 0. The molecule has 1 nitrogen and oxygen atoms in total. The van der Waals surface area contributed by atoms with Crippen molar-refractivity contribution in [3.05, 3.63) is 0 Å². The molecule has 0 aromatic carbocycles. The first-order valence-corrected chi connectivity index (χ1v) is 4.20. The molecule has 0 unspecified atom stereocenters. The van der Waals surface area contributed by atoms with Crippen molar-refractivity contribution < 1.29 is 4.79 Å². The van der Waals surface area contributed by atoms with E-state index in [0.717, 1.165) is 0 Å². The monoisotopic (exact) mass is 242 g/mol. The topological polar surface area (TPSA) is 17.1 Å². The van der Waals surface area contributed by atoms with Crippen molar-refractivity contribution in [2.75, 3.05) is 0 Å². The first kappa shape index (κ1) is 8.63. The number of Topliss-reactive ketones (excluding diaryl/α,β-unsaturated/α-hetero) is 1. The summed E-state index contributed by atoms with van der Waals surface area (Å²) < 4.78 is 0. The van der Waals surface area contributed by atoms with Crippen LogP contribution in [0.25, 0.3) is 0 Å². The van der Waals surface area contributed by atoms with Crippen LogP contribution in [-0.2, 0) is 4.79 Å². The Morgan fingerprint density at radius 2 is 1.50 bits per heavy atom. The molecule has 0 heterocycles. The summed E-state index contributed by atoms with van der Waals surface area (Å²) in [6.07, 6.45) is 0. The molecule has 0 spiro atoms. The molecule has 0 bridgehead atoms. The van der Waals surface area contributed by atoms with Gasteiger partial charge in [0.15, 0.2) is 5.78 Å². The van der Waals surface area contributed by atoms with Gasteiger partial charge < -0.3 is 0 Å². The maximum Gasteiger partial charge on any atom is 0.159 e. The first-order chi connectivity index (χ1) is 3.55. The highest BCUT2D eigenvalue weighted by atomic mass is 79.9. The lowest BCUT2D eigenvalue weighted by molar-refractivity contribution is -0.117. The minimum atomic E-state index is -0.0307. The molecule has 48 valence electrons. The van der Waals surface area contributed by atoms with Crippen LogP contribution in [0.15, 0.2) is 0 Å². The molecule has 0 saturated carbocycles. The summed E-state index contributed by atoms with van der Waals surface area (Å²) in [6.45, 7) is 3.64. The van der Waals surface area contributed by atoms with E-state index < -0.39 is 0 Å². The van der Waals surface area contributed by atoms with Crippen LogP contribution in [0, 0.1) is 0 Å². The number of halogens is 2. The van der Waals surface area contributed by atoms with Crippen molar-refractivity contribution in [1.29, 1.82) is 0 Å². The molecule has 0 rings (SSSR count). The van der Waals surface area contributed by atoms with E-state index in [1.807, 2.05) is 13.8 Å². The quantitative estimate of drug-likeness (QED) is 0.680. The van der Waals surface area contributed by atoms with E-state index in [-0.39, 0.29) is 15.4 Å². The number of alkyl halides is 2. The van der Waals surface area contributed by atoms with Gasteiger partial charge in [0.2, 0.25) is 0 Å². The Morgan fingerprint density at radius 1 is 1.25 bits per heavy atom. The van der Waals surface area contributed by atoms with Crippen LogP contribution in [0.2, 0.25) is 0 Å². The third-order valence-corrected chi connectivity index (χ3v) is 1.69. The Labute approximate surface area is 66.1 Å². The molecule has 2 atom stereocenters. The Bertz CT molecular complexity index is 78.4. The van der Waals surface area contributed by atoms with Crippen molar-refractivity contribution in [2.24, 2.45) is 0 Å². The van der Waals surface area contributed by atoms with Crippen molar-refractivity contribution in [3.8, 4) is 0 Å². The van der Waals surface area contributed by atoms with Gasteiger partial charge in [-0.3, -0.25) is 4.79 Å². The lowest BCUT2D eigenvalue weighted by atomic mass is 10.2. The molecular weight excluding hydrogens is 236 g/mol. The molecule has 0 aliphatic carbocycles. The predicted molar refractivity (Wildman–Crippen MR) is 41.8 cm³/mol. The van der Waals surface area contributed by atoms with Crippen LogP contribution in [-0.4, -0.2) is 15.4 Å². The minimum absolute atomic E-state index is 0.0307. The Kier molecular flexibility index (Phi) is 3.90. The third-order valence-electron chi connectivity index (χ3n) is 0.784. The van der Waals surface area contributed by atoms with E-state index in [0.29, 0.717) is 0 Å². The fourth-order valence-corrected chi connectivity index (χ4v) is 1.46. The number of ketones is 1.